The lowest BCUT2D eigenvalue weighted by Crippen LogP contribution is -2.43. The summed E-state index contributed by atoms with van der Waals surface area (Å²) in [6.45, 7) is 1.87. The maximum Gasteiger partial charge on any atom is 0.225 e. The first-order chi connectivity index (χ1) is 11.7. The van der Waals surface area contributed by atoms with E-state index in [1.165, 1.54) is 44.1 Å². The van der Waals surface area contributed by atoms with E-state index >= 15 is 0 Å². The molecule has 0 radical (unpaired) electrons. The highest BCUT2D eigenvalue weighted by molar-refractivity contribution is 5.79. The average Bonchev–Trinajstić information content (AvgIpc) is 3.07. The zero-order chi connectivity index (χ0) is 16.5. The van der Waals surface area contributed by atoms with Gasteiger partial charge in [0.1, 0.15) is 0 Å². The van der Waals surface area contributed by atoms with Crippen LogP contribution in [0.15, 0.2) is 12.4 Å². The molecule has 2 aliphatic carbocycles. The molecular formula is C20H31N3O. The van der Waals surface area contributed by atoms with Crippen LogP contribution < -0.4 is 0 Å². The molecule has 3 atom stereocenters. The van der Waals surface area contributed by atoms with Gasteiger partial charge in [-0.3, -0.25) is 9.48 Å². The summed E-state index contributed by atoms with van der Waals surface area (Å²) in [5.74, 6) is 3.13. The lowest BCUT2D eigenvalue weighted by atomic mass is 9.67. The Bertz CT molecular complexity index is 573. The predicted molar refractivity (Wildman–Crippen MR) is 94.6 cm³/mol. The van der Waals surface area contributed by atoms with E-state index in [0.717, 1.165) is 44.2 Å². The van der Waals surface area contributed by atoms with Crippen molar-refractivity contribution in [1.82, 2.24) is 14.7 Å². The second-order valence-electron chi connectivity index (χ2n) is 8.36. The van der Waals surface area contributed by atoms with Gasteiger partial charge in [0.05, 0.1) is 6.20 Å². The van der Waals surface area contributed by atoms with Crippen LogP contribution in [0.2, 0.25) is 0 Å². The Kier molecular flexibility index (Phi) is 4.64. The minimum Gasteiger partial charge on any atom is -0.342 e. The normalized spacial score (nSPS) is 31.7. The number of amides is 1. The molecule has 0 bridgehead atoms. The van der Waals surface area contributed by atoms with Crippen LogP contribution in [-0.4, -0.2) is 33.7 Å². The number of hydrogen-bond acceptors (Lipinski definition) is 2. The molecule has 1 saturated heterocycles. The summed E-state index contributed by atoms with van der Waals surface area (Å²) in [6, 6.07) is 0. The van der Waals surface area contributed by atoms with Crippen molar-refractivity contribution in [2.45, 2.75) is 63.7 Å². The Morgan fingerprint density at radius 3 is 2.50 bits per heavy atom. The van der Waals surface area contributed by atoms with Gasteiger partial charge in [-0.15, -0.1) is 0 Å². The third-order valence-electron chi connectivity index (χ3n) is 6.89. The molecule has 4 heteroatoms. The van der Waals surface area contributed by atoms with Crippen molar-refractivity contribution in [3.8, 4) is 0 Å². The van der Waals surface area contributed by atoms with Crippen LogP contribution in [-0.2, 0) is 11.8 Å². The summed E-state index contributed by atoms with van der Waals surface area (Å²) in [4.78, 5) is 15.2. The fraction of sp³-hybridized carbons (Fsp3) is 0.800. The van der Waals surface area contributed by atoms with Crippen molar-refractivity contribution in [2.75, 3.05) is 13.1 Å². The molecule has 1 aromatic rings. The van der Waals surface area contributed by atoms with Crippen LogP contribution in [0.3, 0.4) is 0 Å². The van der Waals surface area contributed by atoms with Crippen LogP contribution in [0.1, 0.15) is 69.3 Å². The standard InChI is InChI=1S/C20H31N3O/c1-22-14-19(13-21-22)16-8-10-23(11-9-16)20(24)18-7-6-15-4-2-3-5-17(15)12-18/h13-18H,2-12H2,1H3. The smallest absolute Gasteiger partial charge is 0.225 e. The molecule has 2 saturated carbocycles. The van der Waals surface area contributed by atoms with Gasteiger partial charge in [-0.2, -0.15) is 5.10 Å². The number of rotatable bonds is 2. The van der Waals surface area contributed by atoms with Crippen LogP contribution in [0.25, 0.3) is 0 Å². The lowest BCUT2D eigenvalue weighted by Gasteiger charge is -2.41. The first-order valence-electron chi connectivity index (χ1n) is 9.98. The van der Waals surface area contributed by atoms with Gasteiger partial charge in [-0.1, -0.05) is 25.7 Å². The lowest BCUT2D eigenvalue weighted by molar-refractivity contribution is -0.139. The fourth-order valence-corrected chi connectivity index (χ4v) is 5.44. The summed E-state index contributed by atoms with van der Waals surface area (Å²) >= 11 is 0. The number of carbonyl (C=O) groups is 1. The van der Waals surface area contributed by atoms with E-state index in [1.807, 2.05) is 17.9 Å². The molecular weight excluding hydrogens is 298 g/mol. The van der Waals surface area contributed by atoms with Gasteiger partial charge >= 0.3 is 0 Å². The van der Waals surface area contributed by atoms with E-state index in [0.29, 0.717) is 17.7 Å². The quantitative estimate of drug-likeness (QED) is 0.829. The van der Waals surface area contributed by atoms with Gasteiger partial charge in [0, 0.05) is 32.3 Å². The molecule has 0 aromatic carbocycles. The third-order valence-corrected chi connectivity index (χ3v) is 6.89. The molecule has 4 rings (SSSR count). The molecule has 2 heterocycles. The van der Waals surface area contributed by atoms with E-state index in [1.54, 1.807) is 0 Å². The van der Waals surface area contributed by atoms with Crippen molar-refractivity contribution in [2.24, 2.45) is 24.8 Å². The van der Waals surface area contributed by atoms with Crippen molar-refractivity contribution >= 4 is 5.91 Å². The predicted octanol–water partition coefficient (Wildman–Crippen LogP) is 3.73. The van der Waals surface area contributed by atoms with E-state index in [9.17, 15) is 4.79 Å². The summed E-state index contributed by atoms with van der Waals surface area (Å²) in [5, 5.41) is 4.29. The Balaban J connectivity index is 1.31. The zero-order valence-corrected chi connectivity index (χ0v) is 15.0. The number of piperidine rings is 1. The molecule has 0 spiro atoms. The second-order valence-corrected chi connectivity index (χ2v) is 8.36. The van der Waals surface area contributed by atoms with E-state index < -0.39 is 0 Å². The maximum atomic E-state index is 13.0. The summed E-state index contributed by atoms with van der Waals surface area (Å²) in [5.41, 5.74) is 1.34. The average molecular weight is 329 g/mol. The van der Waals surface area contributed by atoms with Gasteiger partial charge in [-0.25, -0.2) is 0 Å². The maximum absolute atomic E-state index is 13.0. The Morgan fingerprint density at radius 2 is 1.79 bits per heavy atom. The molecule has 3 fully saturated rings. The number of aromatic nitrogens is 2. The van der Waals surface area contributed by atoms with Crippen molar-refractivity contribution in [3.63, 3.8) is 0 Å². The number of carbonyl (C=O) groups excluding carboxylic acids is 1. The Labute approximate surface area is 145 Å². The van der Waals surface area contributed by atoms with E-state index in [-0.39, 0.29) is 0 Å². The van der Waals surface area contributed by atoms with Crippen LogP contribution in [0, 0.1) is 17.8 Å². The molecule has 0 N–H and O–H groups in total. The van der Waals surface area contributed by atoms with Crippen LogP contribution in [0.4, 0.5) is 0 Å². The number of fused-ring (bicyclic) bond motifs is 1. The van der Waals surface area contributed by atoms with E-state index in [4.69, 9.17) is 0 Å². The van der Waals surface area contributed by atoms with Gasteiger partial charge in [-0.05, 0) is 55.4 Å². The molecule has 24 heavy (non-hydrogen) atoms. The summed E-state index contributed by atoms with van der Waals surface area (Å²) in [6.07, 6.45) is 15.5. The number of hydrogen-bond donors (Lipinski definition) is 0. The topological polar surface area (TPSA) is 38.1 Å². The highest BCUT2D eigenvalue weighted by Crippen LogP contribution is 2.43. The van der Waals surface area contributed by atoms with E-state index in [2.05, 4.69) is 16.2 Å². The van der Waals surface area contributed by atoms with Gasteiger partial charge < -0.3 is 4.90 Å². The molecule has 3 aliphatic rings. The molecule has 132 valence electrons. The first kappa shape index (κ1) is 16.2. The van der Waals surface area contributed by atoms with Crippen molar-refractivity contribution in [1.29, 1.82) is 0 Å². The summed E-state index contributed by atoms with van der Waals surface area (Å²) in [7, 11) is 1.98. The number of aryl methyl sites for hydroxylation is 1. The summed E-state index contributed by atoms with van der Waals surface area (Å²) < 4.78 is 1.88. The minimum atomic E-state index is 0.319. The van der Waals surface area contributed by atoms with Crippen LogP contribution in [0.5, 0.6) is 0 Å². The Morgan fingerprint density at radius 1 is 1.04 bits per heavy atom. The van der Waals surface area contributed by atoms with Gasteiger partial charge in [0.2, 0.25) is 5.91 Å². The van der Waals surface area contributed by atoms with Crippen LogP contribution >= 0.6 is 0 Å². The van der Waals surface area contributed by atoms with Gasteiger partial charge in [0.25, 0.3) is 0 Å². The number of nitrogens with zero attached hydrogens (tertiary/aromatic N) is 3. The molecule has 1 aromatic heterocycles. The minimum absolute atomic E-state index is 0.319. The SMILES string of the molecule is Cn1cc(C2CCN(C(=O)C3CCC4CCCCC4C3)CC2)cn1. The number of likely N-dealkylation sites (tertiary alicyclic amines) is 1. The van der Waals surface area contributed by atoms with Crippen molar-refractivity contribution < 1.29 is 4.79 Å². The largest absolute Gasteiger partial charge is 0.342 e. The molecule has 4 nitrogen and oxygen atoms in total. The highest BCUT2D eigenvalue weighted by atomic mass is 16.2. The van der Waals surface area contributed by atoms with Gasteiger partial charge in [0.15, 0.2) is 0 Å². The first-order valence-corrected chi connectivity index (χ1v) is 9.98. The fourth-order valence-electron chi connectivity index (χ4n) is 5.44. The second kappa shape index (κ2) is 6.89. The monoisotopic (exact) mass is 329 g/mol. The molecule has 1 amide bonds. The third kappa shape index (κ3) is 3.25. The Hall–Kier alpha value is -1.32. The zero-order valence-electron chi connectivity index (χ0n) is 15.0. The molecule has 1 aliphatic heterocycles. The molecule has 3 unspecified atom stereocenters. The van der Waals surface area contributed by atoms with Crippen molar-refractivity contribution in [3.05, 3.63) is 18.0 Å². The highest BCUT2D eigenvalue weighted by Gasteiger charge is 2.37.